The van der Waals surface area contributed by atoms with Crippen LogP contribution in [-0.4, -0.2) is 74.2 Å². The van der Waals surface area contributed by atoms with Crippen LogP contribution in [0.15, 0.2) is 30.3 Å². The van der Waals surface area contributed by atoms with Gasteiger partial charge in [-0.2, -0.15) is 0 Å². The summed E-state index contributed by atoms with van der Waals surface area (Å²) in [5, 5.41) is 6.49. The Hall–Kier alpha value is -2.12. The molecule has 3 aliphatic rings. The second-order valence-electron chi connectivity index (χ2n) is 7.85. The molecule has 3 heterocycles. The van der Waals surface area contributed by atoms with E-state index in [9.17, 15) is 9.59 Å². The van der Waals surface area contributed by atoms with Crippen LogP contribution in [-0.2, 0) is 16.1 Å². The van der Waals surface area contributed by atoms with E-state index in [1.165, 1.54) is 5.56 Å². The lowest BCUT2D eigenvalue weighted by Crippen LogP contribution is -2.50. The van der Waals surface area contributed by atoms with Crippen molar-refractivity contribution in [1.82, 2.24) is 20.4 Å². The quantitative estimate of drug-likeness (QED) is 0.768. The molecule has 3 saturated heterocycles. The Morgan fingerprint density at radius 1 is 1.33 bits per heavy atom. The molecule has 3 aliphatic heterocycles. The van der Waals surface area contributed by atoms with E-state index in [0.29, 0.717) is 32.2 Å². The van der Waals surface area contributed by atoms with Crippen LogP contribution < -0.4 is 10.6 Å². The summed E-state index contributed by atoms with van der Waals surface area (Å²) in [5.74, 6) is 0.444. The number of cyclic esters (lactones) is 1. The van der Waals surface area contributed by atoms with E-state index in [1.807, 2.05) is 6.07 Å². The zero-order valence-corrected chi connectivity index (χ0v) is 15.7. The number of ether oxygens (including phenoxy) is 1. The number of hydrogen-bond acceptors (Lipinski definition) is 5. The summed E-state index contributed by atoms with van der Waals surface area (Å²) < 4.78 is 5.04. The minimum atomic E-state index is -0.364. The molecule has 27 heavy (non-hydrogen) atoms. The number of carbonyl (C=O) groups is 2. The first-order chi connectivity index (χ1) is 13.2. The highest BCUT2D eigenvalue weighted by atomic mass is 16.6. The van der Waals surface area contributed by atoms with Gasteiger partial charge >= 0.3 is 6.09 Å². The van der Waals surface area contributed by atoms with Gasteiger partial charge in [0, 0.05) is 58.3 Å². The summed E-state index contributed by atoms with van der Waals surface area (Å²) in [6, 6.07) is 10.4. The highest BCUT2D eigenvalue weighted by Crippen LogP contribution is 2.39. The molecule has 2 N–H and O–H groups in total. The molecule has 3 fully saturated rings. The second kappa shape index (κ2) is 7.86. The van der Waals surface area contributed by atoms with Gasteiger partial charge in [0.05, 0.1) is 12.0 Å². The summed E-state index contributed by atoms with van der Waals surface area (Å²) in [6.45, 7) is 6.38. The molecular weight excluding hydrogens is 344 g/mol. The number of hydrogen-bond donors (Lipinski definition) is 2. The van der Waals surface area contributed by atoms with Crippen LogP contribution in [0.25, 0.3) is 0 Å². The molecule has 7 heteroatoms. The number of amides is 2. The molecule has 0 saturated carbocycles. The van der Waals surface area contributed by atoms with Crippen molar-refractivity contribution in [3.63, 3.8) is 0 Å². The molecule has 0 spiro atoms. The molecule has 0 unspecified atom stereocenters. The Kier molecular flexibility index (Phi) is 5.31. The predicted molar refractivity (Wildman–Crippen MR) is 101 cm³/mol. The van der Waals surface area contributed by atoms with Crippen molar-refractivity contribution in [2.75, 3.05) is 52.4 Å². The summed E-state index contributed by atoms with van der Waals surface area (Å²) >= 11 is 0. The maximum atomic E-state index is 13.1. The normalized spacial score (nSPS) is 28.1. The molecule has 1 aromatic rings. The van der Waals surface area contributed by atoms with E-state index >= 15 is 0 Å². The number of rotatable bonds is 6. The number of nitrogens with zero attached hydrogens (tertiary/aromatic N) is 2. The van der Waals surface area contributed by atoms with Gasteiger partial charge in [0.2, 0.25) is 5.91 Å². The van der Waals surface area contributed by atoms with E-state index in [4.69, 9.17) is 4.74 Å². The van der Waals surface area contributed by atoms with Crippen molar-refractivity contribution in [3.8, 4) is 0 Å². The fourth-order valence-electron chi connectivity index (χ4n) is 4.59. The first-order valence-electron chi connectivity index (χ1n) is 9.84. The second-order valence-corrected chi connectivity index (χ2v) is 7.85. The van der Waals surface area contributed by atoms with E-state index < -0.39 is 0 Å². The Morgan fingerprint density at radius 2 is 2.19 bits per heavy atom. The fourth-order valence-corrected chi connectivity index (χ4v) is 4.59. The van der Waals surface area contributed by atoms with Gasteiger partial charge in [-0.25, -0.2) is 4.79 Å². The lowest BCUT2D eigenvalue weighted by atomic mass is 9.80. The maximum Gasteiger partial charge on any atom is 0.409 e. The van der Waals surface area contributed by atoms with Gasteiger partial charge in [-0.05, 0) is 12.0 Å². The number of nitrogens with one attached hydrogen (secondary N) is 2. The maximum absolute atomic E-state index is 13.1. The zero-order valence-electron chi connectivity index (χ0n) is 15.7. The average molecular weight is 372 g/mol. The molecule has 0 radical (unpaired) electrons. The minimum Gasteiger partial charge on any atom is -0.449 e. The molecular formula is C20H28N4O3. The fraction of sp³-hybridized carbons (Fsp3) is 0.600. The molecule has 2 atom stereocenters. The summed E-state index contributed by atoms with van der Waals surface area (Å²) in [5.41, 5.74) is 0.918. The van der Waals surface area contributed by atoms with Gasteiger partial charge in [-0.15, -0.1) is 0 Å². The molecule has 1 aromatic carbocycles. The largest absolute Gasteiger partial charge is 0.449 e. The van der Waals surface area contributed by atoms with Crippen molar-refractivity contribution in [2.24, 2.45) is 11.3 Å². The number of benzene rings is 1. The average Bonchev–Trinajstić information content (AvgIpc) is 3.22. The predicted octanol–water partition coefficient (Wildman–Crippen LogP) is 0.667. The summed E-state index contributed by atoms with van der Waals surface area (Å²) in [7, 11) is 0. The van der Waals surface area contributed by atoms with Crippen LogP contribution in [0.1, 0.15) is 12.0 Å². The molecule has 146 valence electrons. The third-order valence-electron chi connectivity index (χ3n) is 6.02. The smallest absolute Gasteiger partial charge is 0.409 e. The van der Waals surface area contributed by atoms with E-state index in [0.717, 1.165) is 39.1 Å². The number of likely N-dealkylation sites (tertiary alicyclic amines) is 1. The first kappa shape index (κ1) is 18.3. The van der Waals surface area contributed by atoms with Crippen LogP contribution in [0.3, 0.4) is 0 Å². The van der Waals surface area contributed by atoms with Gasteiger partial charge in [-0.1, -0.05) is 30.3 Å². The van der Waals surface area contributed by atoms with Gasteiger partial charge < -0.3 is 20.3 Å². The van der Waals surface area contributed by atoms with Crippen LogP contribution in [0.2, 0.25) is 0 Å². The van der Waals surface area contributed by atoms with Gasteiger partial charge in [-0.3, -0.25) is 9.69 Å². The van der Waals surface area contributed by atoms with E-state index in [1.54, 1.807) is 4.90 Å². The lowest BCUT2D eigenvalue weighted by Gasteiger charge is -2.29. The molecule has 7 nitrogen and oxygen atoms in total. The highest BCUT2D eigenvalue weighted by molar-refractivity contribution is 5.84. The molecule has 0 aromatic heterocycles. The Morgan fingerprint density at radius 3 is 3.00 bits per heavy atom. The van der Waals surface area contributed by atoms with Crippen molar-refractivity contribution < 1.29 is 14.3 Å². The molecule has 0 bridgehead atoms. The van der Waals surface area contributed by atoms with Crippen LogP contribution >= 0.6 is 0 Å². The third-order valence-corrected chi connectivity index (χ3v) is 6.02. The summed E-state index contributed by atoms with van der Waals surface area (Å²) in [4.78, 5) is 28.8. The Bertz CT molecular complexity index is 683. The number of fused-ring (bicyclic) bond motifs is 1. The van der Waals surface area contributed by atoms with E-state index in [2.05, 4.69) is 39.8 Å². The molecule has 4 rings (SSSR count). The van der Waals surface area contributed by atoms with Gasteiger partial charge in [0.25, 0.3) is 0 Å². The van der Waals surface area contributed by atoms with Crippen molar-refractivity contribution in [3.05, 3.63) is 35.9 Å². The lowest BCUT2D eigenvalue weighted by molar-refractivity contribution is -0.130. The Balaban J connectivity index is 1.33. The Labute approximate surface area is 160 Å². The monoisotopic (exact) mass is 372 g/mol. The van der Waals surface area contributed by atoms with Crippen molar-refractivity contribution in [2.45, 2.75) is 13.0 Å². The first-order valence-corrected chi connectivity index (χ1v) is 9.84. The van der Waals surface area contributed by atoms with E-state index in [-0.39, 0.29) is 17.4 Å². The minimum absolute atomic E-state index is 0.110. The van der Waals surface area contributed by atoms with Crippen molar-refractivity contribution >= 4 is 12.0 Å². The zero-order chi connectivity index (χ0) is 18.7. The van der Waals surface area contributed by atoms with Crippen LogP contribution in [0.4, 0.5) is 4.79 Å². The van der Waals surface area contributed by atoms with Crippen molar-refractivity contribution in [1.29, 1.82) is 0 Å². The number of carbonyl (C=O) groups excluding carboxylic acids is 2. The van der Waals surface area contributed by atoms with Gasteiger partial charge in [0.1, 0.15) is 0 Å². The van der Waals surface area contributed by atoms with Gasteiger partial charge in [0.15, 0.2) is 0 Å². The summed E-state index contributed by atoms with van der Waals surface area (Å²) in [6.07, 6.45) is 0.577. The van der Waals surface area contributed by atoms with Crippen LogP contribution in [0.5, 0.6) is 0 Å². The van der Waals surface area contributed by atoms with Crippen LogP contribution in [0, 0.1) is 11.3 Å². The molecule has 0 aliphatic carbocycles. The highest BCUT2D eigenvalue weighted by Gasteiger charge is 2.54. The molecule has 2 amide bonds. The SMILES string of the molecule is O=C1OCCCN1CCNC(=O)[C@@]12CNC[C@@H]1CN(Cc1ccccc1)C2. The standard InChI is InChI=1S/C20H28N4O3/c25-18(22-7-9-24-8-4-10-27-19(24)26)20-14-21-11-17(20)13-23(15-20)12-16-5-2-1-3-6-16/h1-3,5-6,17,21H,4,7-15H2,(H,22,25)/t17-,20-/m1/s1. The third kappa shape index (κ3) is 3.80. The topological polar surface area (TPSA) is 73.9 Å².